The van der Waals surface area contributed by atoms with Gasteiger partial charge in [0.05, 0.1) is 0 Å². The number of fused-ring (bicyclic) bond motifs is 2. The van der Waals surface area contributed by atoms with E-state index in [9.17, 15) is 4.39 Å². The number of aryl methyl sites for hydroxylation is 1. The van der Waals surface area contributed by atoms with Gasteiger partial charge >= 0.3 is 0 Å². The standard InChI is InChI=1S/C19H16FNO/c20-15-10-9-13-4-1-7-17(16(13)12-15)22-18-8-2-5-14-6-3-11-21-19(14)18/h2-3,5-6,8-12,17H,1,4,7H2. The number of hydrogen-bond acceptors (Lipinski definition) is 2. The maximum Gasteiger partial charge on any atom is 0.146 e. The highest BCUT2D eigenvalue weighted by atomic mass is 19.1. The lowest BCUT2D eigenvalue weighted by Crippen LogP contribution is -2.15. The molecule has 0 aliphatic heterocycles. The van der Waals surface area contributed by atoms with Crippen molar-refractivity contribution in [3.8, 4) is 5.75 Å². The molecule has 1 aliphatic rings. The zero-order valence-corrected chi connectivity index (χ0v) is 12.1. The van der Waals surface area contributed by atoms with Gasteiger partial charge in [-0.1, -0.05) is 24.3 Å². The first-order valence-corrected chi connectivity index (χ1v) is 7.60. The van der Waals surface area contributed by atoms with E-state index >= 15 is 0 Å². The number of aromatic nitrogens is 1. The van der Waals surface area contributed by atoms with Crippen molar-refractivity contribution in [1.29, 1.82) is 0 Å². The van der Waals surface area contributed by atoms with E-state index in [1.54, 1.807) is 12.3 Å². The average molecular weight is 293 g/mol. The number of ether oxygens (including phenoxy) is 1. The molecule has 0 amide bonds. The van der Waals surface area contributed by atoms with Crippen molar-refractivity contribution in [2.24, 2.45) is 0 Å². The highest BCUT2D eigenvalue weighted by molar-refractivity contribution is 5.84. The molecule has 0 saturated heterocycles. The average Bonchev–Trinajstić information content (AvgIpc) is 2.56. The quantitative estimate of drug-likeness (QED) is 0.675. The Morgan fingerprint density at radius 2 is 2.00 bits per heavy atom. The fourth-order valence-corrected chi connectivity index (χ4v) is 3.17. The number of para-hydroxylation sites is 1. The Balaban J connectivity index is 1.74. The summed E-state index contributed by atoms with van der Waals surface area (Å²) in [6, 6.07) is 14.9. The predicted octanol–water partition coefficient (Wildman–Crippen LogP) is 4.83. The molecule has 0 radical (unpaired) electrons. The van der Waals surface area contributed by atoms with Crippen molar-refractivity contribution < 1.29 is 9.13 Å². The van der Waals surface area contributed by atoms with Crippen LogP contribution in [-0.2, 0) is 6.42 Å². The molecule has 0 N–H and O–H groups in total. The molecular formula is C19H16FNO. The molecular weight excluding hydrogens is 277 g/mol. The first-order valence-electron chi connectivity index (χ1n) is 7.60. The predicted molar refractivity (Wildman–Crippen MR) is 84.5 cm³/mol. The first kappa shape index (κ1) is 13.3. The molecule has 0 bridgehead atoms. The van der Waals surface area contributed by atoms with Crippen LogP contribution in [0.3, 0.4) is 0 Å². The number of nitrogens with zero attached hydrogens (tertiary/aromatic N) is 1. The molecule has 22 heavy (non-hydrogen) atoms. The SMILES string of the molecule is Fc1ccc2c(c1)C(Oc1cccc3cccnc13)CCC2. The van der Waals surface area contributed by atoms with E-state index in [4.69, 9.17) is 4.74 Å². The van der Waals surface area contributed by atoms with E-state index in [1.807, 2.05) is 36.4 Å². The normalized spacial score (nSPS) is 17.2. The summed E-state index contributed by atoms with van der Waals surface area (Å²) in [6.07, 6.45) is 4.61. The lowest BCUT2D eigenvalue weighted by molar-refractivity contribution is 0.185. The van der Waals surface area contributed by atoms with Crippen LogP contribution in [0.5, 0.6) is 5.75 Å². The van der Waals surface area contributed by atoms with Gasteiger partial charge < -0.3 is 4.74 Å². The van der Waals surface area contributed by atoms with E-state index in [-0.39, 0.29) is 11.9 Å². The van der Waals surface area contributed by atoms with Gasteiger partial charge in [0, 0.05) is 11.6 Å². The Morgan fingerprint density at radius 3 is 2.95 bits per heavy atom. The lowest BCUT2D eigenvalue weighted by Gasteiger charge is -2.26. The number of halogens is 1. The van der Waals surface area contributed by atoms with E-state index in [2.05, 4.69) is 4.98 Å². The Hall–Kier alpha value is -2.42. The van der Waals surface area contributed by atoms with Gasteiger partial charge in [-0.2, -0.15) is 0 Å². The van der Waals surface area contributed by atoms with Gasteiger partial charge in [0.25, 0.3) is 0 Å². The number of pyridine rings is 1. The maximum atomic E-state index is 13.6. The van der Waals surface area contributed by atoms with Crippen molar-refractivity contribution in [3.63, 3.8) is 0 Å². The van der Waals surface area contributed by atoms with Gasteiger partial charge in [-0.05, 0) is 54.7 Å². The molecule has 1 heterocycles. The van der Waals surface area contributed by atoms with E-state index < -0.39 is 0 Å². The smallest absolute Gasteiger partial charge is 0.146 e. The van der Waals surface area contributed by atoms with Gasteiger partial charge in [-0.3, -0.25) is 4.98 Å². The summed E-state index contributed by atoms with van der Waals surface area (Å²) in [7, 11) is 0. The van der Waals surface area contributed by atoms with E-state index in [1.165, 1.54) is 11.6 Å². The fourth-order valence-electron chi connectivity index (χ4n) is 3.17. The van der Waals surface area contributed by atoms with Crippen LogP contribution in [0.4, 0.5) is 4.39 Å². The van der Waals surface area contributed by atoms with Crippen LogP contribution < -0.4 is 4.74 Å². The van der Waals surface area contributed by atoms with Crippen molar-refractivity contribution in [3.05, 3.63) is 71.7 Å². The number of benzene rings is 2. The zero-order valence-electron chi connectivity index (χ0n) is 12.1. The summed E-state index contributed by atoms with van der Waals surface area (Å²) in [6.45, 7) is 0. The van der Waals surface area contributed by atoms with Gasteiger partial charge in [-0.15, -0.1) is 0 Å². The summed E-state index contributed by atoms with van der Waals surface area (Å²) in [5.74, 6) is 0.561. The van der Waals surface area contributed by atoms with E-state index in [0.29, 0.717) is 0 Å². The van der Waals surface area contributed by atoms with Gasteiger partial charge in [0.2, 0.25) is 0 Å². The topological polar surface area (TPSA) is 22.1 Å². The summed E-state index contributed by atoms with van der Waals surface area (Å²) < 4.78 is 19.8. The van der Waals surface area contributed by atoms with Crippen LogP contribution in [0.15, 0.2) is 54.7 Å². The van der Waals surface area contributed by atoms with Gasteiger partial charge in [0.15, 0.2) is 0 Å². The van der Waals surface area contributed by atoms with Crippen LogP contribution in [0, 0.1) is 5.82 Å². The summed E-state index contributed by atoms with van der Waals surface area (Å²) >= 11 is 0. The van der Waals surface area contributed by atoms with Crippen molar-refractivity contribution in [2.75, 3.05) is 0 Å². The molecule has 1 aliphatic carbocycles. The van der Waals surface area contributed by atoms with Crippen molar-refractivity contribution in [1.82, 2.24) is 4.98 Å². The molecule has 1 aromatic heterocycles. The van der Waals surface area contributed by atoms with Crippen LogP contribution in [-0.4, -0.2) is 4.98 Å². The van der Waals surface area contributed by atoms with E-state index in [0.717, 1.165) is 41.5 Å². The molecule has 1 unspecified atom stereocenters. The summed E-state index contributed by atoms with van der Waals surface area (Å²) in [5.41, 5.74) is 3.01. The van der Waals surface area contributed by atoms with Crippen LogP contribution >= 0.6 is 0 Å². The fraction of sp³-hybridized carbons (Fsp3) is 0.211. The summed E-state index contributed by atoms with van der Waals surface area (Å²) in [4.78, 5) is 4.42. The number of rotatable bonds is 2. The van der Waals surface area contributed by atoms with Crippen LogP contribution in [0.25, 0.3) is 10.9 Å². The maximum absolute atomic E-state index is 13.6. The first-order chi connectivity index (χ1) is 10.8. The minimum absolute atomic E-state index is 0.105. The summed E-state index contributed by atoms with van der Waals surface area (Å²) in [5, 5.41) is 1.05. The van der Waals surface area contributed by atoms with Gasteiger partial charge in [0.1, 0.15) is 23.2 Å². The van der Waals surface area contributed by atoms with Gasteiger partial charge in [-0.25, -0.2) is 4.39 Å². The minimum Gasteiger partial charge on any atom is -0.483 e. The molecule has 0 spiro atoms. The lowest BCUT2D eigenvalue weighted by atomic mass is 9.89. The Morgan fingerprint density at radius 1 is 1.09 bits per heavy atom. The Kier molecular flexibility index (Phi) is 3.26. The van der Waals surface area contributed by atoms with Crippen LogP contribution in [0.1, 0.15) is 30.1 Å². The second-order valence-corrected chi connectivity index (χ2v) is 5.67. The number of hydrogen-bond donors (Lipinski definition) is 0. The largest absolute Gasteiger partial charge is 0.483 e. The molecule has 0 saturated carbocycles. The highest BCUT2D eigenvalue weighted by Gasteiger charge is 2.23. The molecule has 110 valence electrons. The highest BCUT2D eigenvalue weighted by Crippen LogP contribution is 2.35. The third-order valence-corrected chi connectivity index (χ3v) is 4.23. The van der Waals surface area contributed by atoms with Crippen molar-refractivity contribution in [2.45, 2.75) is 25.4 Å². The molecule has 3 heteroatoms. The molecule has 2 aromatic carbocycles. The zero-order chi connectivity index (χ0) is 14.9. The molecule has 1 atom stereocenters. The second kappa shape index (κ2) is 5.41. The molecule has 4 rings (SSSR count). The third kappa shape index (κ3) is 2.33. The van der Waals surface area contributed by atoms with Crippen LogP contribution in [0.2, 0.25) is 0 Å². The molecule has 0 fully saturated rings. The molecule has 2 nitrogen and oxygen atoms in total. The minimum atomic E-state index is -0.203. The Labute approximate surface area is 128 Å². The molecule has 3 aromatic rings. The third-order valence-electron chi connectivity index (χ3n) is 4.23. The monoisotopic (exact) mass is 293 g/mol. The second-order valence-electron chi connectivity index (χ2n) is 5.67. The van der Waals surface area contributed by atoms with Crippen molar-refractivity contribution >= 4 is 10.9 Å². The Bertz CT molecular complexity index is 825.